The molecule has 0 bridgehead atoms. The number of rotatable bonds is 4. The molecule has 7 nitrogen and oxygen atoms in total. The first-order valence-corrected chi connectivity index (χ1v) is 11.3. The van der Waals surface area contributed by atoms with Crippen molar-refractivity contribution in [1.82, 2.24) is 15.2 Å². The summed E-state index contributed by atoms with van der Waals surface area (Å²) in [6.45, 7) is 3.36. The van der Waals surface area contributed by atoms with Crippen molar-refractivity contribution in [3.63, 3.8) is 0 Å². The number of hydrogen-bond donors (Lipinski definition) is 1. The predicted molar refractivity (Wildman–Crippen MR) is 141 cm³/mol. The molecule has 0 aliphatic heterocycles. The molecule has 0 radical (unpaired) electrons. The molecule has 0 spiro atoms. The summed E-state index contributed by atoms with van der Waals surface area (Å²) in [6.07, 6.45) is 1.61. The Morgan fingerprint density at radius 2 is 1.58 bits per heavy atom. The van der Waals surface area contributed by atoms with E-state index in [0.29, 0.717) is 5.69 Å². The van der Waals surface area contributed by atoms with Gasteiger partial charge in [0.25, 0.3) is 11.5 Å². The van der Waals surface area contributed by atoms with Crippen LogP contribution < -0.4 is 11.0 Å². The summed E-state index contributed by atoms with van der Waals surface area (Å²) in [4.78, 5) is 26.0. The van der Waals surface area contributed by atoms with Gasteiger partial charge in [-0.3, -0.25) is 9.59 Å². The van der Waals surface area contributed by atoms with Crippen LogP contribution in [-0.4, -0.2) is 21.9 Å². The molecule has 0 aliphatic carbocycles. The van der Waals surface area contributed by atoms with Crippen LogP contribution >= 0.6 is 0 Å². The molecule has 1 heterocycles. The molecule has 0 fully saturated rings. The van der Waals surface area contributed by atoms with E-state index in [4.69, 9.17) is 0 Å². The van der Waals surface area contributed by atoms with E-state index >= 15 is 0 Å². The fourth-order valence-electron chi connectivity index (χ4n) is 4.31. The minimum Gasteiger partial charge on any atom is -0.266 e. The summed E-state index contributed by atoms with van der Waals surface area (Å²) in [5.41, 5.74) is 4.12. The fourth-order valence-corrected chi connectivity index (χ4v) is 4.31. The third-order valence-corrected chi connectivity index (χ3v) is 6.18. The standard InChI is InChI=1S/C29H21N5O2/c1-18-9-3-8-14-26(18)34-29(36)24(16-30)19(2)27(33-34)28(35)32-31-17-25-22-12-6-4-10-20(22)15-21-11-5-7-13-23(21)25/h3-15,17H,1-2H3,(H,32,35)/b31-17+. The summed E-state index contributed by atoms with van der Waals surface area (Å²) in [7, 11) is 0. The van der Waals surface area contributed by atoms with Crippen LogP contribution in [0.1, 0.15) is 32.7 Å². The molecule has 0 aliphatic rings. The lowest BCUT2D eigenvalue weighted by molar-refractivity contribution is 0.0947. The van der Waals surface area contributed by atoms with Crippen molar-refractivity contribution in [2.45, 2.75) is 13.8 Å². The Kier molecular flexibility index (Phi) is 5.85. The Morgan fingerprint density at radius 1 is 0.972 bits per heavy atom. The molecule has 4 aromatic carbocycles. The molecule has 0 saturated carbocycles. The van der Waals surface area contributed by atoms with Crippen LogP contribution in [0.3, 0.4) is 0 Å². The smallest absolute Gasteiger partial charge is 0.266 e. The number of hydrogen-bond acceptors (Lipinski definition) is 5. The van der Waals surface area contributed by atoms with Gasteiger partial charge in [0.15, 0.2) is 5.69 Å². The van der Waals surface area contributed by atoms with E-state index in [-0.39, 0.29) is 16.8 Å². The van der Waals surface area contributed by atoms with Crippen LogP contribution in [0, 0.1) is 25.2 Å². The van der Waals surface area contributed by atoms with Crippen molar-refractivity contribution in [3.8, 4) is 11.8 Å². The second kappa shape index (κ2) is 9.28. The van der Waals surface area contributed by atoms with Gasteiger partial charge in [0.05, 0.1) is 11.9 Å². The third-order valence-electron chi connectivity index (χ3n) is 6.18. The van der Waals surface area contributed by atoms with Crippen molar-refractivity contribution >= 4 is 33.7 Å². The number of nitrogens with zero attached hydrogens (tertiary/aromatic N) is 4. The van der Waals surface area contributed by atoms with Gasteiger partial charge in [-0.25, -0.2) is 5.43 Å². The van der Waals surface area contributed by atoms with Gasteiger partial charge in [-0.15, -0.1) is 0 Å². The first-order valence-electron chi connectivity index (χ1n) is 11.3. The van der Waals surface area contributed by atoms with Crippen molar-refractivity contribution in [1.29, 1.82) is 5.26 Å². The second-order valence-electron chi connectivity index (χ2n) is 8.40. The average Bonchev–Trinajstić information content (AvgIpc) is 2.89. The molecule has 1 N–H and O–H groups in total. The van der Waals surface area contributed by atoms with Gasteiger partial charge in [0, 0.05) is 11.1 Å². The zero-order valence-electron chi connectivity index (χ0n) is 19.7. The van der Waals surface area contributed by atoms with Crippen LogP contribution in [0.4, 0.5) is 0 Å². The molecular weight excluding hydrogens is 450 g/mol. The van der Waals surface area contributed by atoms with Crippen molar-refractivity contribution < 1.29 is 4.79 Å². The van der Waals surface area contributed by atoms with Gasteiger partial charge in [-0.2, -0.15) is 20.1 Å². The average molecular weight is 472 g/mol. The molecule has 7 heteroatoms. The second-order valence-corrected chi connectivity index (χ2v) is 8.40. The Morgan fingerprint density at radius 3 is 2.22 bits per heavy atom. The first kappa shape index (κ1) is 22.7. The van der Waals surface area contributed by atoms with E-state index in [1.165, 1.54) is 6.92 Å². The quantitative estimate of drug-likeness (QED) is 0.231. The predicted octanol–water partition coefficient (Wildman–Crippen LogP) is 4.79. The van der Waals surface area contributed by atoms with E-state index in [9.17, 15) is 14.9 Å². The Labute approximate surface area is 206 Å². The largest absolute Gasteiger partial charge is 0.292 e. The van der Waals surface area contributed by atoms with E-state index < -0.39 is 11.5 Å². The van der Waals surface area contributed by atoms with Crippen molar-refractivity contribution in [2.75, 3.05) is 0 Å². The summed E-state index contributed by atoms with van der Waals surface area (Å²) in [5.74, 6) is -0.618. The topological polar surface area (TPSA) is 100 Å². The molecule has 5 rings (SSSR count). The number of fused-ring (bicyclic) bond motifs is 2. The van der Waals surface area contributed by atoms with Gasteiger partial charge in [0.2, 0.25) is 0 Å². The highest BCUT2D eigenvalue weighted by molar-refractivity contribution is 6.13. The Hall–Kier alpha value is -5.09. The molecular formula is C29H21N5O2. The maximum absolute atomic E-state index is 13.1. The molecule has 0 unspecified atom stereocenters. The van der Waals surface area contributed by atoms with Crippen molar-refractivity contribution in [3.05, 3.63) is 117 Å². The number of para-hydroxylation sites is 1. The van der Waals surface area contributed by atoms with Gasteiger partial charge in [-0.05, 0) is 53.1 Å². The molecule has 0 atom stereocenters. The summed E-state index contributed by atoms with van der Waals surface area (Å²) in [6, 6.07) is 27.1. The van der Waals surface area contributed by atoms with Crippen LogP contribution in [0.2, 0.25) is 0 Å². The third kappa shape index (κ3) is 3.91. The highest BCUT2D eigenvalue weighted by Gasteiger charge is 2.20. The number of carbonyl (C=O) groups is 1. The van der Waals surface area contributed by atoms with Gasteiger partial charge < -0.3 is 0 Å². The lowest BCUT2D eigenvalue weighted by Crippen LogP contribution is -2.31. The van der Waals surface area contributed by atoms with Gasteiger partial charge in [0.1, 0.15) is 11.6 Å². The van der Waals surface area contributed by atoms with Gasteiger partial charge in [-0.1, -0.05) is 66.7 Å². The van der Waals surface area contributed by atoms with Crippen molar-refractivity contribution in [2.24, 2.45) is 5.10 Å². The van der Waals surface area contributed by atoms with Crippen LogP contribution in [0.5, 0.6) is 0 Å². The first-order chi connectivity index (χ1) is 17.5. The monoisotopic (exact) mass is 471 g/mol. The number of nitriles is 1. The number of aryl methyl sites for hydroxylation is 1. The SMILES string of the molecule is Cc1ccccc1-n1nc(C(=O)N/N=C/c2c3ccccc3cc3ccccc23)c(C)c(C#N)c1=O. The number of hydrazone groups is 1. The molecule has 1 amide bonds. The molecule has 0 saturated heterocycles. The highest BCUT2D eigenvalue weighted by Crippen LogP contribution is 2.27. The Balaban J connectivity index is 1.55. The highest BCUT2D eigenvalue weighted by atomic mass is 16.2. The number of nitrogens with one attached hydrogen (secondary N) is 1. The minimum atomic E-state index is -0.618. The zero-order valence-corrected chi connectivity index (χ0v) is 19.7. The normalized spacial score (nSPS) is 11.1. The maximum Gasteiger partial charge on any atom is 0.292 e. The van der Waals surface area contributed by atoms with E-state index in [1.54, 1.807) is 18.3 Å². The van der Waals surface area contributed by atoms with Crippen LogP contribution in [0.25, 0.3) is 27.2 Å². The van der Waals surface area contributed by atoms with Crippen LogP contribution in [-0.2, 0) is 0 Å². The fraction of sp³-hybridized carbons (Fsp3) is 0.0690. The Bertz CT molecular complexity index is 1740. The number of benzene rings is 4. The van der Waals surface area contributed by atoms with E-state index in [0.717, 1.165) is 37.4 Å². The maximum atomic E-state index is 13.1. The molecule has 1 aromatic heterocycles. The van der Waals surface area contributed by atoms with E-state index in [1.807, 2.05) is 73.7 Å². The van der Waals surface area contributed by atoms with E-state index in [2.05, 4.69) is 21.7 Å². The summed E-state index contributed by atoms with van der Waals surface area (Å²) < 4.78 is 1.09. The lowest BCUT2D eigenvalue weighted by Gasteiger charge is -2.12. The summed E-state index contributed by atoms with van der Waals surface area (Å²) >= 11 is 0. The number of carbonyl (C=O) groups excluding carboxylic acids is 1. The molecule has 174 valence electrons. The minimum absolute atomic E-state index is 0.0469. The van der Waals surface area contributed by atoms with Gasteiger partial charge >= 0.3 is 0 Å². The summed E-state index contributed by atoms with van der Waals surface area (Å²) in [5, 5.41) is 22.3. The lowest BCUT2D eigenvalue weighted by atomic mass is 9.97. The zero-order chi connectivity index (χ0) is 25.2. The molecule has 36 heavy (non-hydrogen) atoms. The number of aromatic nitrogens is 2. The van der Waals surface area contributed by atoms with Crippen LogP contribution in [0.15, 0.2) is 88.8 Å². The molecule has 5 aromatic rings. The number of amides is 1.